The van der Waals surface area contributed by atoms with Crippen LogP contribution in [-0.2, 0) is 10.0 Å². The molecule has 1 saturated carbocycles. The lowest BCUT2D eigenvalue weighted by Gasteiger charge is -2.10. The minimum atomic E-state index is -4.17. The molecule has 140 valence electrons. The first kappa shape index (κ1) is 17.8. The summed E-state index contributed by atoms with van der Waals surface area (Å²) in [5.74, 6) is -0.910. The zero-order chi connectivity index (χ0) is 19.4. The van der Waals surface area contributed by atoms with Gasteiger partial charge in [0, 0.05) is 0 Å². The third kappa shape index (κ3) is 3.05. The van der Waals surface area contributed by atoms with E-state index in [2.05, 4.69) is 19.9 Å². The number of fused-ring (bicyclic) bond motifs is 1. The van der Waals surface area contributed by atoms with Gasteiger partial charge in [-0.15, -0.1) is 10.2 Å². The first-order valence-electron chi connectivity index (χ1n) is 7.48. The summed E-state index contributed by atoms with van der Waals surface area (Å²) in [7, 11) is -4.17. The standard InChI is InChI=1S/C14H9F3N6O2S2/c15-8-3-7(27(24,25)22-14(5-18)1-2-14)4-9-10(8)19-6-23(9)13-21-20-12(26-13)11(16)17/h3-4,6,11,22H,1-2H2. The minimum absolute atomic E-state index is 0.00889. The molecule has 0 bridgehead atoms. The predicted octanol–water partition coefficient (Wildman–Crippen LogP) is 2.29. The lowest BCUT2D eigenvalue weighted by atomic mass is 10.3. The first-order valence-corrected chi connectivity index (χ1v) is 9.78. The van der Waals surface area contributed by atoms with Crippen LogP contribution in [0.1, 0.15) is 24.3 Å². The van der Waals surface area contributed by atoms with Gasteiger partial charge in [0.15, 0.2) is 10.8 Å². The van der Waals surface area contributed by atoms with Crippen LogP contribution in [0.25, 0.3) is 16.2 Å². The van der Waals surface area contributed by atoms with Crippen LogP contribution < -0.4 is 4.72 Å². The van der Waals surface area contributed by atoms with E-state index in [1.54, 1.807) is 0 Å². The summed E-state index contributed by atoms with van der Waals surface area (Å²) in [5, 5.41) is 15.5. The molecule has 1 N–H and O–H groups in total. The van der Waals surface area contributed by atoms with E-state index < -0.39 is 37.7 Å². The number of nitrogens with zero attached hydrogens (tertiary/aromatic N) is 5. The number of alkyl halides is 2. The van der Waals surface area contributed by atoms with Gasteiger partial charge < -0.3 is 0 Å². The maximum atomic E-state index is 14.4. The number of nitriles is 1. The fourth-order valence-electron chi connectivity index (χ4n) is 2.45. The van der Waals surface area contributed by atoms with Crippen molar-refractivity contribution in [3.05, 3.63) is 29.3 Å². The van der Waals surface area contributed by atoms with Gasteiger partial charge in [-0.25, -0.2) is 26.6 Å². The lowest BCUT2D eigenvalue weighted by Crippen LogP contribution is -2.35. The van der Waals surface area contributed by atoms with Gasteiger partial charge in [-0.3, -0.25) is 4.57 Å². The highest BCUT2D eigenvalue weighted by Gasteiger charge is 2.47. The number of hydrogen-bond donors (Lipinski definition) is 1. The Hall–Kier alpha value is -2.56. The largest absolute Gasteiger partial charge is 0.291 e. The molecule has 2 aromatic heterocycles. The zero-order valence-corrected chi connectivity index (χ0v) is 14.9. The van der Waals surface area contributed by atoms with Crippen molar-refractivity contribution < 1.29 is 21.6 Å². The number of hydrogen-bond acceptors (Lipinski definition) is 7. The highest BCUT2D eigenvalue weighted by Crippen LogP contribution is 2.36. The monoisotopic (exact) mass is 414 g/mol. The van der Waals surface area contributed by atoms with Crippen molar-refractivity contribution in [2.75, 3.05) is 0 Å². The molecule has 0 aliphatic heterocycles. The Morgan fingerprint density at radius 2 is 2.07 bits per heavy atom. The Kier molecular flexibility index (Phi) is 3.95. The van der Waals surface area contributed by atoms with Crippen LogP contribution in [0, 0.1) is 17.1 Å². The van der Waals surface area contributed by atoms with Crippen molar-refractivity contribution in [3.63, 3.8) is 0 Å². The molecular weight excluding hydrogens is 405 g/mol. The molecule has 0 spiro atoms. The van der Waals surface area contributed by atoms with E-state index in [1.165, 1.54) is 4.57 Å². The van der Waals surface area contributed by atoms with Gasteiger partial charge in [0.1, 0.15) is 17.4 Å². The molecule has 27 heavy (non-hydrogen) atoms. The molecule has 13 heteroatoms. The number of benzene rings is 1. The van der Waals surface area contributed by atoms with Crippen molar-refractivity contribution in [1.29, 1.82) is 5.26 Å². The first-order chi connectivity index (χ1) is 12.7. The summed E-state index contributed by atoms with van der Waals surface area (Å²) >= 11 is 0.577. The summed E-state index contributed by atoms with van der Waals surface area (Å²) in [6, 6.07) is 3.82. The molecule has 4 rings (SSSR count). The molecule has 0 saturated heterocycles. The topological polar surface area (TPSA) is 114 Å². The molecule has 3 aromatic rings. The molecule has 8 nitrogen and oxygen atoms in total. The van der Waals surface area contributed by atoms with E-state index in [-0.39, 0.29) is 16.2 Å². The van der Waals surface area contributed by atoms with Crippen molar-refractivity contribution in [3.8, 4) is 11.2 Å². The smallest absolute Gasteiger partial charge is 0.273 e. The van der Waals surface area contributed by atoms with Crippen LogP contribution in [0.5, 0.6) is 0 Å². The third-order valence-corrected chi connectivity index (χ3v) is 6.45. The van der Waals surface area contributed by atoms with Crippen molar-refractivity contribution in [2.45, 2.75) is 29.7 Å². The molecule has 1 aromatic carbocycles. The number of aromatic nitrogens is 4. The predicted molar refractivity (Wildman–Crippen MR) is 87.4 cm³/mol. The highest BCUT2D eigenvalue weighted by molar-refractivity contribution is 7.89. The second-order valence-corrected chi connectivity index (χ2v) is 8.58. The van der Waals surface area contributed by atoms with E-state index in [4.69, 9.17) is 5.26 Å². The van der Waals surface area contributed by atoms with Gasteiger partial charge in [0.25, 0.3) is 6.43 Å². The van der Waals surface area contributed by atoms with Crippen LogP contribution in [0.2, 0.25) is 0 Å². The van der Waals surface area contributed by atoms with Crippen molar-refractivity contribution in [2.24, 2.45) is 0 Å². The Labute approximate surface area is 154 Å². The second-order valence-electron chi connectivity index (χ2n) is 5.91. The van der Waals surface area contributed by atoms with Crippen molar-refractivity contribution >= 4 is 32.4 Å². The van der Waals surface area contributed by atoms with Crippen LogP contribution >= 0.6 is 11.3 Å². The van der Waals surface area contributed by atoms with E-state index in [9.17, 15) is 21.6 Å². The molecule has 2 heterocycles. The lowest BCUT2D eigenvalue weighted by molar-refractivity contribution is 0.150. The number of nitrogens with one attached hydrogen (secondary N) is 1. The third-order valence-electron chi connectivity index (χ3n) is 4.01. The molecule has 0 unspecified atom stereocenters. The highest BCUT2D eigenvalue weighted by atomic mass is 32.2. The maximum absolute atomic E-state index is 14.4. The van der Waals surface area contributed by atoms with E-state index in [0.29, 0.717) is 24.2 Å². The Morgan fingerprint density at radius 3 is 2.67 bits per heavy atom. The molecule has 1 fully saturated rings. The summed E-state index contributed by atoms with van der Waals surface area (Å²) in [4.78, 5) is 3.44. The van der Waals surface area contributed by atoms with Gasteiger partial charge in [0.2, 0.25) is 15.2 Å². The Bertz CT molecular complexity index is 1190. The normalized spacial score (nSPS) is 16.0. The van der Waals surface area contributed by atoms with Crippen LogP contribution in [0.15, 0.2) is 23.4 Å². The Balaban J connectivity index is 1.81. The van der Waals surface area contributed by atoms with Crippen LogP contribution in [0.3, 0.4) is 0 Å². The van der Waals surface area contributed by atoms with Gasteiger partial charge in [-0.05, 0) is 25.0 Å². The minimum Gasteiger partial charge on any atom is -0.273 e. The molecular formula is C14H9F3N6O2S2. The number of halogens is 3. The van der Waals surface area contributed by atoms with E-state index >= 15 is 0 Å². The van der Waals surface area contributed by atoms with Crippen molar-refractivity contribution in [1.82, 2.24) is 24.5 Å². The molecule has 0 radical (unpaired) electrons. The van der Waals surface area contributed by atoms with Gasteiger partial charge in [-0.2, -0.15) is 9.98 Å². The van der Waals surface area contributed by atoms with Gasteiger partial charge in [-0.1, -0.05) is 11.3 Å². The zero-order valence-electron chi connectivity index (χ0n) is 13.2. The maximum Gasteiger partial charge on any atom is 0.291 e. The summed E-state index contributed by atoms with van der Waals surface area (Å²) in [6.45, 7) is 0. The number of sulfonamides is 1. The van der Waals surface area contributed by atoms with Gasteiger partial charge in [0.05, 0.1) is 16.5 Å². The molecule has 0 amide bonds. The number of rotatable bonds is 5. The average Bonchev–Trinajstić information content (AvgIpc) is 3.03. The molecule has 0 atom stereocenters. The molecule has 1 aliphatic carbocycles. The molecule has 1 aliphatic rings. The van der Waals surface area contributed by atoms with E-state index in [1.807, 2.05) is 6.07 Å². The van der Waals surface area contributed by atoms with Gasteiger partial charge >= 0.3 is 0 Å². The fraction of sp³-hybridized carbons (Fsp3) is 0.286. The summed E-state index contributed by atoms with van der Waals surface area (Å²) in [5.41, 5.74) is -1.30. The number of imidazole rings is 1. The second kappa shape index (κ2) is 5.98. The quantitative estimate of drug-likeness (QED) is 0.685. The SMILES string of the molecule is N#CC1(NS(=O)(=O)c2cc(F)c3ncn(-c4nnc(C(F)F)s4)c3c2)CC1. The summed E-state index contributed by atoms with van der Waals surface area (Å²) in [6.07, 6.45) is -0.937. The fourth-order valence-corrected chi connectivity index (χ4v) is 4.54. The van der Waals surface area contributed by atoms with E-state index in [0.717, 1.165) is 18.5 Å². The van der Waals surface area contributed by atoms with Crippen LogP contribution in [-0.4, -0.2) is 33.7 Å². The van der Waals surface area contributed by atoms with Crippen LogP contribution in [0.4, 0.5) is 13.2 Å². The Morgan fingerprint density at radius 1 is 1.33 bits per heavy atom. The summed E-state index contributed by atoms with van der Waals surface area (Å²) < 4.78 is 68.3. The average molecular weight is 414 g/mol.